The van der Waals surface area contributed by atoms with Gasteiger partial charge in [-0.15, -0.1) is 0 Å². The minimum Gasteiger partial charge on any atom is -0.469 e. The monoisotopic (exact) mass is 435 g/mol. The van der Waals surface area contributed by atoms with Gasteiger partial charge in [0.25, 0.3) is 0 Å². The first-order valence-corrected chi connectivity index (χ1v) is 10.5. The molecular formula is C27H18FN3O2. The maximum absolute atomic E-state index is 14.3. The van der Waals surface area contributed by atoms with Crippen molar-refractivity contribution in [3.05, 3.63) is 83.2 Å². The van der Waals surface area contributed by atoms with E-state index >= 15 is 0 Å². The lowest BCUT2D eigenvalue weighted by Crippen LogP contribution is -2.03. The molecule has 2 unspecified atom stereocenters. The second kappa shape index (κ2) is 7.93. The number of halogens is 1. The predicted molar refractivity (Wildman–Crippen MR) is 121 cm³/mol. The van der Waals surface area contributed by atoms with Crippen molar-refractivity contribution in [3.8, 4) is 34.5 Å². The molecule has 4 aromatic rings. The summed E-state index contributed by atoms with van der Waals surface area (Å²) < 4.78 is 19.1. The number of rotatable bonds is 4. The number of nitriles is 2. The number of carbonyl (C=O) groups is 1. The Labute approximate surface area is 189 Å². The molecule has 1 N–H and O–H groups in total. The summed E-state index contributed by atoms with van der Waals surface area (Å²) in [5.41, 5.74) is 4.97. The van der Waals surface area contributed by atoms with E-state index in [0.717, 1.165) is 17.5 Å². The van der Waals surface area contributed by atoms with Gasteiger partial charge < -0.3 is 9.72 Å². The predicted octanol–water partition coefficient (Wildman–Crippen LogP) is 5.66. The second-order valence-electron chi connectivity index (χ2n) is 8.11. The standard InChI is InChI=1S/C27H18FN3O2/c1-33-27(32)21-12-20(21)15-4-2-5-16(10-15)26-25(22-11-19(28)8-9-23(22)31-26)24-17(13-29)6-3-7-18(24)14-30/h2-11,20-21,31H,12H2,1H3. The van der Waals surface area contributed by atoms with E-state index in [4.69, 9.17) is 4.74 Å². The molecule has 0 amide bonds. The average Bonchev–Trinajstić information content (AvgIpc) is 3.57. The largest absolute Gasteiger partial charge is 0.469 e. The van der Waals surface area contributed by atoms with E-state index in [1.807, 2.05) is 24.3 Å². The van der Waals surface area contributed by atoms with E-state index in [1.54, 1.807) is 24.3 Å². The maximum Gasteiger partial charge on any atom is 0.309 e. The Morgan fingerprint density at radius 1 is 1.03 bits per heavy atom. The Morgan fingerprint density at radius 2 is 1.76 bits per heavy atom. The number of nitrogens with one attached hydrogen (secondary N) is 1. The molecule has 1 aliphatic carbocycles. The summed E-state index contributed by atoms with van der Waals surface area (Å²) in [5.74, 6) is -0.682. The topological polar surface area (TPSA) is 89.7 Å². The van der Waals surface area contributed by atoms with Crippen molar-refractivity contribution >= 4 is 16.9 Å². The molecule has 1 fully saturated rings. The summed E-state index contributed by atoms with van der Waals surface area (Å²) in [6, 6.07) is 21.6. The third-order valence-electron chi connectivity index (χ3n) is 6.21. The number of fused-ring (bicyclic) bond motifs is 1. The lowest BCUT2D eigenvalue weighted by atomic mass is 9.91. The first kappa shape index (κ1) is 20.5. The molecule has 160 valence electrons. The molecule has 5 nitrogen and oxygen atoms in total. The van der Waals surface area contributed by atoms with Crippen molar-refractivity contribution < 1.29 is 13.9 Å². The van der Waals surface area contributed by atoms with Gasteiger partial charge in [0, 0.05) is 22.0 Å². The van der Waals surface area contributed by atoms with Gasteiger partial charge in [0.05, 0.1) is 42.0 Å². The summed E-state index contributed by atoms with van der Waals surface area (Å²) in [4.78, 5) is 15.3. The molecule has 1 heterocycles. The molecule has 5 rings (SSSR count). The van der Waals surface area contributed by atoms with E-state index in [1.165, 1.54) is 19.2 Å². The first-order valence-electron chi connectivity index (χ1n) is 10.5. The van der Waals surface area contributed by atoms with E-state index in [2.05, 4.69) is 17.1 Å². The zero-order valence-corrected chi connectivity index (χ0v) is 17.7. The Hall–Kier alpha value is -4.42. The molecule has 2 atom stereocenters. The van der Waals surface area contributed by atoms with Gasteiger partial charge in [-0.3, -0.25) is 4.79 Å². The van der Waals surface area contributed by atoms with Crippen LogP contribution in [-0.2, 0) is 9.53 Å². The van der Waals surface area contributed by atoms with Crippen LogP contribution in [0.15, 0.2) is 60.7 Å². The van der Waals surface area contributed by atoms with Gasteiger partial charge in [-0.25, -0.2) is 4.39 Å². The Balaban J connectivity index is 1.74. The van der Waals surface area contributed by atoms with Crippen LogP contribution in [0, 0.1) is 34.4 Å². The third-order valence-corrected chi connectivity index (χ3v) is 6.21. The summed E-state index contributed by atoms with van der Waals surface area (Å²) in [7, 11) is 1.39. The van der Waals surface area contributed by atoms with Crippen LogP contribution in [-0.4, -0.2) is 18.1 Å². The first-order chi connectivity index (χ1) is 16.0. The maximum atomic E-state index is 14.3. The Morgan fingerprint density at radius 3 is 2.45 bits per heavy atom. The highest BCUT2D eigenvalue weighted by molar-refractivity contribution is 6.06. The number of carbonyl (C=O) groups excluding carboxylic acids is 1. The summed E-state index contributed by atoms with van der Waals surface area (Å²) in [5, 5.41) is 20.1. The highest BCUT2D eigenvalue weighted by atomic mass is 19.1. The van der Waals surface area contributed by atoms with Crippen molar-refractivity contribution in [1.29, 1.82) is 10.5 Å². The number of methoxy groups -OCH3 is 1. The van der Waals surface area contributed by atoms with Crippen molar-refractivity contribution in [2.45, 2.75) is 12.3 Å². The van der Waals surface area contributed by atoms with E-state index in [-0.39, 0.29) is 17.8 Å². The molecule has 0 saturated heterocycles. The lowest BCUT2D eigenvalue weighted by molar-refractivity contribution is -0.142. The van der Waals surface area contributed by atoms with Gasteiger partial charge >= 0.3 is 5.97 Å². The van der Waals surface area contributed by atoms with Gasteiger partial charge in [-0.1, -0.05) is 24.3 Å². The van der Waals surface area contributed by atoms with Crippen LogP contribution in [0.1, 0.15) is 29.0 Å². The molecule has 0 spiro atoms. The number of aromatic amines is 1. The summed E-state index contributed by atoms with van der Waals surface area (Å²) >= 11 is 0. The highest BCUT2D eigenvalue weighted by Gasteiger charge is 2.45. The van der Waals surface area contributed by atoms with Crippen LogP contribution >= 0.6 is 0 Å². The normalized spacial score (nSPS) is 16.7. The molecule has 0 aliphatic heterocycles. The molecule has 1 aliphatic rings. The fraction of sp³-hybridized carbons (Fsp3) is 0.148. The third kappa shape index (κ3) is 3.43. The van der Waals surface area contributed by atoms with Crippen molar-refractivity contribution in [3.63, 3.8) is 0 Å². The number of ether oxygens (including phenoxy) is 1. The molecule has 1 saturated carbocycles. The minimum atomic E-state index is -0.408. The SMILES string of the molecule is COC(=O)C1CC1c1cccc(-c2[nH]c3ccc(F)cc3c2-c2c(C#N)cccc2C#N)c1. The van der Waals surface area contributed by atoms with E-state index < -0.39 is 5.82 Å². The second-order valence-corrected chi connectivity index (χ2v) is 8.11. The number of H-pyrrole nitrogens is 1. The zero-order chi connectivity index (χ0) is 23.1. The smallest absolute Gasteiger partial charge is 0.309 e. The van der Waals surface area contributed by atoms with Crippen molar-refractivity contribution in [2.75, 3.05) is 7.11 Å². The molecule has 0 radical (unpaired) electrons. The number of benzene rings is 3. The zero-order valence-electron chi connectivity index (χ0n) is 17.7. The van der Waals surface area contributed by atoms with Crippen molar-refractivity contribution in [2.24, 2.45) is 5.92 Å². The molecule has 0 bridgehead atoms. The van der Waals surface area contributed by atoms with Crippen LogP contribution in [0.5, 0.6) is 0 Å². The van der Waals surface area contributed by atoms with Crippen LogP contribution in [0.4, 0.5) is 4.39 Å². The number of hydrogen-bond donors (Lipinski definition) is 1. The molecule has 33 heavy (non-hydrogen) atoms. The van der Waals surface area contributed by atoms with Gasteiger partial charge in [0.2, 0.25) is 0 Å². The van der Waals surface area contributed by atoms with E-state index in [9.17, 15) is 19.7 Å². The fourth-order valence-corrected chi connectivity index (χ4v) is 4.55. The van der Waals surface area contributed by atoms with Crippen LogP contribution in [0.3, 0.4) is 0 Å². The Kier molecular flexibility index (Phi) is 4.92. The van der Waals surface area contributed by atoms with Gasteiger partial charge in [-0.2, -0.15) is 10.5 Å². The fourth-order valence-electron chi connectivity index (χ4n) is 4.55. The molecule has 1 aromatic heterocycles. The minimum absolute atomic E-state index is 0.0868. The number of hydrogen-bond acceptors (Lipinski definition) is 4. The number of esters is 1. The molecule has 3 aromatic carbocycles. The average molecular weight is 435 g/mol. The summed E-state index contributed by atoms with van der Waals surface area (Å²) in [6.07, 6.45) is 0.733. The van der Waals surface area contributed by atoms with Gasteiger partial charge in [0.1, 0.15) is 5.82 Å². The van der Waals surface area contributed by atoms with Gasteiger partial charge in [-0.05, 0) is 59.9 Å². The molecule has 6 heteroatoms. The quantitative estimate of drug-likeness (QED) is 0.419. The Bertz CT molecular complexity index is 1470. The van der Waals surface area contributed by atoms with Crippen LogP contribution in [0.25, 0.3) is 33.3 Å². The number of aromatic nitrogens is 1. The lowest BCUT2D eigenvalue weighted by Gasteiger charge is -2.11. The highest BCUT2D eigenvalue weighted by Crippen LogP contribution is 2.49. The summed E-state index contributed by atoms with van der Waals surface area (Å²) in [6.45, 7) is 0. The van der Waals surface area contributed by atoms with Crippen LogP contribution in [0.2, 0.25) is 0 Å². The number of nitrogens with zero attached hydrogens (tertiary/aromatic N) is 2. The van der Waals surface area contributed by atoms with Crippen molar-refractivity contribution in [1.82, 2.24) is 4.98 Å². The molecular weight excluding hydrogens is 417 g/mol. The van der Waals surface area contributed by atoms with Crippen LogP contribution < -0.4 is 0 Å². The van der Waals surface area contributed by atoms with E-state index in [0.29, 0.717) is 38.9 Å². The van der Waals surface area contributed by atoms with Gasteiger partial charge in [0.15, 0.2) is 0 Å².